The van der Waals surface area contributed by atoms with Crippen molar-refractivity contribution in [2.45, 2.75) is 37.1 Å². The highest BCUT2D eigenvalue weighted by molar-refractivity contribution is 5.92. The minimum Gasteiger partial charge on any atom is -0.348 e. The number of nitrogens with one attached hydrogen (secondary N) is 2. The van der Waals surface area contributed by atoms with Crippen LogP contribution in [0.5, 0.6) is 0 Å². The van der Waals surface area contributed by atoms with Crippen molar-refractivity contribution in [1.29, 1.82) is 0 Å². The zero-order valence-corrected chi connectivity index (χ0v) is 12.1. The summed E-state index contributed by atoms with van der Waals surface area (Å²) in [5.74, 6) is 0.636. The molecule has 2 N–H and O–H groups in total. The van der Waals surface area contributed by atoms with Gasteiger partial charge in [-0.05, 0) is 31.7 Å². The second kappa shape index (κ2) is 4.79. The van der Waals surface area contributed by atoms with Crippen LogP contribution < -0.4 is 10.9 Å². The molecule has 2 aliphatic carbocycles. The SMILES string of the molecule is O=C(NCC1(n2cccn2)CC1)c1cc(=O)[nH]c(C2CC2)n1. The molecule has 2 aromatic heterocycles. The Morgan fingerprint density at radius 1 is 1.45 bits per heavy atom. The maximum atomic E-state index is 12.3. The van der Waals surface area contributed by atoms with Gasteiger partial charge in [0, 0.05) is 30.9 Å². The Hall–Kier alpha value is -2.44. The molecule has 0 radical (unpaired) electrons. The van der Waals surface area contributed by atoms with Crippen LogP contribution in [0.2, 0.25) is 0 Å². The van der Waals surface area contributed by atoms with E-state index in [4.69, 9.17) is 0 Å². The summed E-state index contributed by atoms with van der Waals surface area (Å²) in [6.45, 7) is 0.501. The van der Waals surface area contributed by atoms with Crippen LogP contribution in [0.25, 0.3) is 0 Å². The predicted octanol–water partition coefficient (Wildman–Crippen LogP) is 0.763. The van der Waals surface area contributed by atoms with Gasteiger partial charge in [0.05, 0.1) is 5.54 Å². The van der Waals surface area contributed by atoms with Gasteiger partial charge in [-0.3, -0.25) is 14.3 Å². The number of amides is 1. The van der Waals surface area contributed by atoms with E-state index in [9.17, 15) is 9.59 Å². The molecule has 2 aromatic rings. The predicted molar refractivity (Wildman–Crippen MR) is 78.6 cm³/mol. The number of carbonyl (C=O) groups is 1. The second-order valence-corrected chi connectivity index (χ2v) is 6.15. The van der Waals surface area contributed by atoms with Crippen molar-refractivity contribution < 1.29 is 4.79 Å². The van der Waals surface area contributed by atoms with Crippen LogP contribution >= 0.6 is 0 Å². The number of aromatic amines is 1. The summed E-state index contributed by atoms with van der Waals surface area (Å²) in [5, 5.41) is 7.14. The first-order valence-electron chi connectivity index (χ1n) is 7.56. The van der Waals surface area contributed by atoms with Crippen molar-refractivity contribution in [1.82, 2.24) is 25.1 Å². The van der Waals surface area contributed by atoms with Gasteiger partial charge in [-0.25, -0.2) is 4.98 Å². The third-order valence-corrected chi connectivity index (χ3v) is 4.35. The lowest BCUT2D eigenvalue weighted by molar-refractivity contribution is 0.0938. The minimum absolute atomic E-state index is 0.111. The maximum absolute atomic E-state index is 12.3. The summed E-state index contributed by atoms with van der Waals surface area (Å²) in [5.41, 5.74) is -0.183. The highest BCUT2D eigenvalue weighted by atomic mass is 16.2. The van der Waals surface area contributed by atoms with E-state index in [1.807, 2.05) is 16.9 Å². The third-order valence-electron chi connectivity index (χ3n) is 4.35. The number of nitrogens with zero attached hydrogens (tertiary/aromatic N) is 3. The summed E-state index contributed by atoms with van der Waals surface area (Å²) < 4.78 is 1.90. The van der Waals surface area contributed by atoms with E-state index in [1.54, 1.807) is 6.20 Å². The molecule has 114 valence electrons. The molecule has 22 heavy (non-hydrogen) atoms. The molecular formula is C15H17N5O2. The van der Waals surface area contributed by atoms with Gasteiger partial charge in [-0.15, -0.1) is 0 Å². The van der Waals surface area contributed by atoms with E-state index in [1.165, 1.54) is 6.07 Å². The van der Waals surface area contributed by atoms with Crippen molar-refractivity contribution in [2.24, 2.45) is 0 Å². The van der Waals surface area contributed by atoms with Gasteiger partial charge in [0.2, 0.25) is 0 Å². The van der Waals surface area contributed by atoms with Crippen LogP contribution in [0.15, 0.2) is 29.3 Å². The number of hydrogen-bond donors (Lipinski definition) is 2. The molecule has 0 aliphatic heterocycles. The Balaban J connectivity index is 1.48. The summed E-state index contributed by atoms with van der Waals surface area (Å²) in [6, 6.07) is 3.14. The number of H-pyrrole nitrogens is 1. The largest absolute Gasteiger partial charge is 0.348 e. The lowest BCUT2D eigenvalue weighted by Crippen LogP contribution is -2.36. The Labute approximate surface area is 126 Å². The standard InChI is InChI=1S/C15H17N5O2/c21-12-8-11(18-13(19-12)10-2-3-10)14(22)16-9-15(4-5-15)20-7-1-6-17-20/h1,6-8,10H,2-5,9H2,(H,16,22)(H,18,19,21). The molecule has 1 amide bonds. The summed E-state index contributed by atoms with van der Waals surface area (Å²) in [7, 11) is 0. The zero-order valence-electron chi connectivity index (χ0n) is 12.1. The molecule has 0 unspecified atom stereocenters. The fourth-order valence-corrected chi connectivity index (χ4v) is 2.66. The minimum atomic E-state index is -0.300. The molecule has 4 rings (SSSR count). The molecular weight excluding hydrogens is 282 g/mol. The van der Waals surface area contributed by atoms with Crippen LogP contribution in [-0.2, 0) is 5.54 Å². The van der Waals surface area contributed by atoms with Gasteiger partial charge < -0.3 is 10.3 Å². The maximum Gasteiger partial charge on any atom is 0.270 e. The van der Waals surface area contributed by atoms with Gasteiger partial charge >= 0.3 is 0 Å². The highest BCUT2D eigenvalue weighted by Gasteiger charge is 2.45. The molecule has 0 saturated heterocycles. The molecule has 2 fully saturated rings. The number of aromatic nitrogens is 4. The van der Waals surface area contributed by atoms with Crippen molar-refractivity contribution in [2.75, 3.05) is 6.54 Å². The van der Waals surface area contributed by atoms with E-state index >= 15 is 0 Å². The van der Waals surface area contributed by atoms with E-state index < -0.39 is 0 Å². The number of carbonyl (C=O) groups excluding carboxylic acids is 1. The van der Waals surface area contributed by atoms with Gasteiger partial charge in [0.1, 0.15) is 11.5 Å². The molecule has 0 bridgehead atoms. The lowest BCUT2D eigenvalue weighted by atomic mass is 10.2. The van der Waals surface area contributed by atoms with Crippen LogP contribution in [0.1, 0.15) is 47.9 Å². The first kappa shape index (κ1) is 13.2. The fourth-order valence-electron chi connectivity index (χ4n) is 2.66. The van der Waals surface area contributed by atoms with E-state index in [2.05, 4.69) is 20.4 Å². The van der Waals surface area contributed by atoms with E-state index in [0.717, 1.165) is 25.7 Å². The normalized spacial score (nSPS) is 18.9. The molecule has 2 heterocycles. The molecule has 2 saturated carbocycles. The van der Waals surface area contributed by atoms with Crippen molar-refractivity contribution >= 4 is 5.91 Å². The third kappa shape index (κ3) is 2.43. The van der Waals surface area contributed by atoms with E-state index in [0.29, 0.717) is 18.3 Å². The Morgan fingerprint density at radius 3 is 2.91 bits per heavy atom. The first-order valence-corrected chi connectivity index (χ1v) is 7.56. The quantitative estimate of drug-likeness (QED) is 0.852. The van der Waals surface area contributed by atoms with Gasteiger partial charge in [0.15, 0.2) is 0 Å². The Kier molecular flexibility index (Phi) is 2.88. The van der Waals surface area contributed by atoms with Gasteiger partial charge in [-0.2, -0.15) is 5.10 Å². The average molecular weight is 299 g/mol. The Morgan fingerprint density at radius 2 is 2.27 bits per heavy atom. The van der Waals surface area contributed by atoms with E-state index in [-0.39, 0.29) is 22.7 Å². The molecule has 7 nitrogen and oxygen atoms in total. The summed E-state index contributed by atoms with van der Waals surface area (Å²) in [6.07, 6.45) is 7.68. The average Bonchev–Trinajstić information content (AvgIpc) is 3.44. The van der Waals surface area contributed by atoms with Crippen molar-refractivity contribution in [3.05, 3.63) is 46.4 Å². The van der Waals surface area contributed by atoms with Crippen molar-refractivity contribution in [3.8, 4) is 0 Å². The topological polar surface area (TPSA) is 92.7 Å². The zero-order chi connectivity index (χ0) is 15.2. The highest BCUT2D eigenvalue weighted by Crippen LogP contribution is 2.42. The molecule has 0 spiro atoms. The smallest absolute Gasteiger partial charge is 0.270 e. The van der Waals surface area contributed by atoms with Crippen LogP contribution in [0, 0.1) is 0 Å². The first-order chi connectivity index (χ1) is 10.7. The van der Waals surface area contributed by atoms with Crippen LogP contribution in [0.3, 0.4) is 0 Å². The van der Waals surface area contributed by atoms with Crippen LogP contribution in [0.4, 0.5) is 0 Å². The number of hydrogen-bond acceptors (Lipinski definition) is 4. The number of rotatable bonds is 5. The second-order valence-electron chi connectivity index (χ2n) is 6.15. The fraction of sp³-hybridized carbons (Fsp3) is 0.467. The lowest BCUT2D eigenvalue weighted by Gasteiger charge is -2.16. The van der Waals surface area contributed by atoms with Gasteiger partial charge in [-0.1, -0.05) is 0 Å². The molecule has 7 heteroatoms. The summed E-state index contributed by atoms with van der Waals surface area (Å²) in [4.78, 5) is 30.9. The van der Waals surface area contributed by atoms with Crippen molar-refractivity contribution in [3.63, 3.8) is 0 Å². The molecule has 0 atom stereocenters. The van der Waals surface area contributed by atoms with Gasteiger partial charge in [0.25, 0.3) is 11.5 Å². The molecule has 2 aliphatic rings. The summed E-state index contributed by atoms with van der Waals surface area (Å²) >= 11 is 0. The van der Waals surface area contributed by atoms with Crippen LogP contribution in [-0.4, -0.2) is 32.2 Å². The monoisotopic (exact) mass is 299 g/mol. The Bertz CT molecular complexity index is 756. The molecule has 0 aromatic carbocycles.